The normalized spacial score (nSPS) is 12.7. The van der Waals surface area contributed by atoms with Crippen LogP contribution in [0, 0.1) is 5.41 Å². The molecule has 0 aliphatic carbocycles. The van der Waals surface area contributed by atoms with Crippen LogP contribution in [0.2, 0.25) is 0 Å². The summed E-state index contributed by atoms with van der Waals surface area (Å²) in [7, 11) is -5.22. The predicted octanol–water partition coefficient (Wildman–Crippen LogP) is 6.24. The van der Waals surface area contributed by atoms with Crippen LogP contribution in [0.15, 0.2) is 97.1 Å². The van der Waals surface area contributed by atoms with Crippen molar-refractivity contribution in [2.24, 2.45) is 5.41 Å². The van der Waals surface area contributed by atoms with E-state index in [4.69, 9.17) is 19.6 Å². The van der Waals surface area contributed by atoms with E-state index >= 15 is 0 Å². The molecule has 0 aliphatic heterocycles. The second-order valence-electron chi connectivity index (χ2n) is 13.8. The fraction of sp³-hybridized carbons (Fsp3) is 0.351. The molecular formula is C37H48O9P2. The van der Waals surface area contributed by atoms with Crippen LogP contribution in [-0.4, -0.2) is 59.8 Å². The molecule has 4 aromatic carbocycles. The minimum absolute atomic E-state index is 0.411. The predicted molar refractivity (Wildman–Crippen MR) is 192 cm³/mol. The van der Waals surface area contributed by atoms with Gasteiger partial charge in [-0.2, -0.15) is 0 Å². The van der Waals surface area contributed by atoms with E-state index in [1.54, 1.807) is 0 Å². The fourth-order valence-corrected chi connectivity index (χ4v) is 6.38. The molecule has 4 aromatic rings. The van der Waals surface area contributed by atoms with E-state index in [0.717, 1.165) is 33.4 Å². The molecule has 11 heteroatoms. The molecule has 0 spiro atoms. The van der Waals surface area contributed by atoms with E-state index in [1.165, 1.54) is 0 Å². The third kappa shape index (κ3) is 8.94. The highest BCUT2D eigenvalue weighted by Crippen LogP contribution is 2.51. The largest absolute Gasteiger partial charge is 0.395 e. The first-order valence-electron chi connectivity index (χ1n) is 15.4. The van der Waals surface area contributed by atoms with Gasteiger partial charge < -0.3 is 40.0 Å². The molecule has 0 aliphatic rings. The van der Waals surface area contributed by atoms with Gasteiger partial charge in [-0.05, 0) is 55.3 Å². The van der Waals surface area contributed by atoms with Crippen LogP contribution in [-0.2, 0) is 20.7 Å². The molecule has 9 nitrogen and oxygen atoms in total. The summed E-state index contributed by atoms with van der Waals surface area (Å²) in [6, 6.07) is 32.0. The van der Waals surface area contributed by atoms with Gasteiger partial charge in [-0.25, -0.2) is 4.31 Å². The Morgan fingerprint density at radius 2 is 0.812 bits per heavy atom. The minimum Gasteiger partial charge on any atom is -0.395 e. The molecule has 0 saturated heterocycles. The summed E-state index contributed by atoms with van der Waals surface area (Å²) >= 11 is 0. The van der Waals surface area contributed by atoms with E-state index in [-0.39, 0.29) is 0 Å². The Labute approximate surface area is 285 Å². The molecular weight excluding hydrogens is 650 g/mol. The molecule has 8 N–H and O–H groups in total. The molecule has 0 bridgehead atoms. The third-order valence-corrected chi connectivity index (χ3v) is 9.64. The highest BCUT2D eigenvalue weighted by Gasteiger charge is 2.55. The van der Waals surface area contributed by atoms with Gasteiger partial charge in [0.05, 0.1) is 25.2 Å². The lowest BCUT2D eigenvalue weighted by Gasteiger charge is -2.48. The molecule has 4 rings (SSSR count). The first kappa shape index (κ1) is 39.8. The van der Waals surface area contributed by atoms with E-state index < -0.39 is 58.9 Å². The van der Waals surface area contributed by atoms with E-state index in [2.05, 4.69) is 58.0 Å². The first-order chi connectivity index (χ1) is 22.4. The van der Waals surface area contributed by atoms with Gasteiger partial charge >= 0.3 is 17.2 Å². The van der Waals surface area contributed by atoms with Gasteiger partial charge in [0, 0.05) is 0 Å². The average Bonchev–Trinajstić information content (AvgIpc) is 3.05. The molecule has 0 heterocycles. The molecule has 0 amide bonds. The molecule has 0 unspecified atom stereocenters. The molecule has 0 saturated carbocycles. The summed E-state index contributed by atoms with van der Waals surface area (Å²) in [5.41, 5.74) is 2.52. The van der Waals surface area contributed by atoms with Crippen LogP contribution in [0.4, 0.5) is 0 Å². The van der Waals surface area contributed by atoms with Gasteiger partial charge in [0.15, 0.2) is 0 Å². The first-order valence-corrected chi connectivity index (χ1v) is 17.8. The van der Waals surface area contributed by atoms with Crippen molar-refractivity contribution in [1.29, 1.82) is 0 Å². The van der Waals surface area contributed by atoms with Gasteiger partial charge in [0.1, 0.15) is 5.60 Å². The van der Waals surface area contributed by atoms with E-state index in [1.807, 2.05) is 84.9 Å². The Morgan fingerprint density at radius 3 is 1.06 bits per heavy atom. The molecule has 0 atom stereocenters. The summed E-state index contributed by atoms with van der Waals surface area (Å²) < 4.78 is 3.60. The average molecular weight is 699 g/mol. The minimum atomic E-state index is -2.61. The fourth-order valence-electron chi connectivity index (χ4n) is 5.86. The van der Waals surface area contributed by atoms with Crippen LogP contribution in [0.5, 0.6) is 0 Å². The van der Waals surface area contributed by atoms with Crippen LogP contribution in [0.1, 0.15) is 63.8 Å². The summed E-state index contributed by atoms with van der Waals surface area (Å²) in [5, 5.41) is 45.6. The second kappa shape index (κ2) is 16.4. The van der Waals surface area contributed by atoms with Crippen molar-refractivity contribution in [2.75, 3.05) is 19.8 Å². The lowest BCUT2D eigenvalue weighted by atomic mass is 9.60. The number of hydrogen-bond acceptors (Lipinski definition) is 9. The van der Waals surface area contributed by atoms with E-state index in [0.29, 0.717) is 11.1 Å². The van der Waals surface area contributed by atoms with Gasteiger partial charge in [0.25, 0.3) is 0 Å². The number of rotatable bonds is 10. The van der Waals surface area contributed by atoms with Crippen LogP contribution < -0.4 is 0 Å². The standard InChI is InChI=1S/C37H44O4.H4O5P2/c1-34(2,3)32-21-28(26-13-9-7-10-14-26)17-19-30(32)37(41,36(23-38,24-39)25-40)31-20-18-29(22-33(31)35(4,5)6)27-15-11-8-12-16-27;1-6(2)5-7(3)4/h7-22,38-41H,23-25H2,1-6H3;1-4H. The van der Waals surface area contributed by atoms with E-state index in [9.17, 15) is 20.4 Å². The topological polar surface area (TPSA) is 171 Å². The van der Waals surface area contributed by atoms with Crippen molar-refractivity contribution >= 4 is 17.2 Å². The molecule has 48 heavy (non-hydrogen) atoms. The second-order valence-corrected chi connectivity index (χ2v) is 15.5. The smallest absolute Gasteiger partial charge is 0.334 e. The Bertz CT molecular complexity index is 1480. The maximum Gasteiger partial charge on any atom is 0.334 e. The molecule has 0 aromatic heterocycles. The van der Waals surface area contributed by atoms with Gasteiger partial charge in [0.2, 0.25) is 0 Å². The van der Waals surface area contributed by atoms with Crippen molar-refractivity contribution in [3.05, 3.63) is 119 Å². The Kier molecular flexibility index (Phi) is 13.6. The van der Waals surface area contributed by atoms with Crippen LogP contribution in [0.25, 0.3) is 22.3 Å². The Morgan fingerprint density at radius 1 is 0.479 bits per heavy atom. The van der Waals surface area contributed by atoms with Crippen molar-refractivity contribution in [3.8, 4) is 22.3 Å². The maximum absolute atomic E-state index is 13.2. The lowest BCUT2D eigenvalue weighted by Crippen LogP contribution is -2.55. The van der Waals surface area contributed by atoms with Gasteiger partial charge in [-0.1, -0.05) is 139 Å². The van der Waals surface area contributed by atoms with Crippen molar-refractivity contribution < 1.29 is 44.3 Å². The Balaban J connectivity index is 0.000000804. The number of hydrogen-bond donors (Lipinski definition) is 8. The summed E-state index contributed by atoms with van der Waals surface area (Å²) in [6.45, 7) is 10.7. The zero-order valence-corrected chi connectivity index (χ0v) is 30.0. The van der Waals surface area contributed by atoms with Gasteiger partial charge in [-0.3, -0.25) is 0 Å². The van der Waals surface area contributed by atoms with Crippen molar-refractivity contribution in [3.63, 3.8) is 0 Å². The Hall–Kier alpha value is -2.62. The number of aliphatic hydroxyl groups is 4. The zero-order valence-electron chi connectivity index (χ0n) is 28.2. The monoisotopic (exact) mass is 698 g/mol. The third-order valence-electron chi connectivity index (χ3n) is 8.47. The summed E-state index contributed by atoms with van der Waals surface area (Å²) in [4.78, 5) is 31.3. The van der Waals surface area contributed by atoms with Crippen LogP contribution in [0.3, 0.4) is 0 Å². The highest BCUT2D eigenvalue weighted by molar-refractivity contribution is 7.53. The molecule has 260 valence electrons. The number of benzene rings is 4. The number of aliphatic hydroxyl groups excluding tert-OH is 3. The lowest BCUT2D eigenvalue weighted by molar-refractivity contribution is -0.137. The summed E-state index contributed by atoms with van der Waals surface area (Å²) in [6.07, 6.45) is 0. The van der Waals surface area contributed by atoms with Crippen molar-refractivity contribution in [1.82, 2.24) is 0 Å². The van der Waals surface area contributed by atoms with Crippen LogP contribution >= 0.6 is 17.2 Å². The molecule has 0 radical (unpaired) electrons. The quantitative estimate of drug-likeness (QED) is 0.0893. The van der Waals surface area contributed by atoms with Gasteiger partial charge in [-0.15, -0.1) is 0 Å². The summed E-state index contributed by atoms with van der Waals surface area (Å²) in [5.74, 6) is 0. The zero-order chi connectivity index (χ0) is 35.9. The molecule has 0 fully saturated rings. The van der Waals surface area contributed by atoms with Crippen molar-refractivity contribution in [2.45, 2.75) is 58.0 Å². The maximum atomic E-state index is 13.2. The highest BCUT2D eigenvalue weighted by atomic mass is 31.2. The SMILES string of the molecule is CC(C)(C)c1cc(-c2ccccc2)ccc1C(O)(c1ccc(-c2ccccc2)cc1C(C)(C)C)C(CO)(CO)CO.OP(O)OP(O)O.